The van der Waals surface area contributed by atoms with Crippen LogP contribution in [0.2, 0.25) is 0 Å². The zero-order valence-electron chi connectivity index (χ0n) is 20.4. The van der Waals surface area contributed by atoms with Crippen LogP contribution < -0.4 is 5.73 Å². The summed E-state index contributed by atoms with van der Waals surface area (Å²) in [6.45, 7) is 3.92. The van der Waals surface area contributed by atoms with Crippen molar-refractivity contribution >= 4 is 49.3 Å². The van der Waals surface area contributed by atoms with Crippen molar-refractivity contribution in [2.24, 2.45) is 11.8 Å². The Morgan fingerprint density at radius 1 is 0.886 bits per heavy atom. The van der Waals surface area contributed by atoms with Crippen molar-refractivity contribution < 1.29 is 14.7 Å². The molecule has 35 heavy (non-hydrogen) atoms. The first-order valence-corrected chi connectivity index (χ1v) is 13.3. The van der Waals surface area contributed by atoms with E-state index in [1.807, 2.05) is 13.1 Å². The summed E-state index contributed by atoms with van der Waals surface area (Å²) in [5.41, 5.74) is 7.05. The Kier molecular flexibility index (Phi) is 12.8. The Bertz CT molecular complexity index is 929. The zero-order chi connectivity index (χ0) is 25.8. The first-order valence-electron chi connectivity index (χ1n) is 11.7. The molecule has 4 rings (SSSR count). The summed E-state index contributed by atoms with van der Waals surface area (Å²) >= 11 is 6.60. The smallest absolute Gasteiger partial charge is 0.306 e. The molecule has 0 radical (unpaired) electrons. The molecule has 0 aromatic carbocycles. The van der Waals surface area contributed by atoms with Crippen molar-refractivity contribution in [3.63, 3.8) is 0 Å². The molecule has 0 saturated carbocycles. The predicted molar refractivity (Wildman–Crippen MR) is 145 cm³/mol. The maximum atomic E-state index is 12.1. The maximum Gasteiger partial charge on any atom is 0.306 e. The molecule has 192 valence electrons. The van der Waals surface area contributed by atoms with Gasteiger partial charge in [-0.15, -0.1) is 0 Å². The Hall–Kier alpha value is -1.88. The molecule has 2 aromatic rings. The van der Waals surface area contributed by atoms with Crippen LogP contribution in [0.25, 0.3) is 0 Å². The molecule has 3 N–H and O–H groups in total. The molecule has 2 aromatic heterocycles. The van der Waals surface area contributed by atoms with E-state index in [0.717, 1.165) is 66.4 Å². The highest BCUT2D eigenvalue weighted by Gasteiger charge is 2.23. The van der Waals surface area contributed by atoms with E-state index in [-0.39, 0.29) is 11.8 Å². The molecule has 0 aliphatic carbocycles. The van der Waals surface area contributed by atoms with Gasteiger partial charge >= 0.3 is 5.97 Å². The number of pyridine rings is 2. The lowest BCUT2D eigenvalue weighted by molar-refractivity contribution is -0.143. The highest BCUT2D eigenvalue weighted by molar-refractivity contribution is 9.10. The second kappa shape index (κ2) is 15.3. The van der Waals surface area contributed by atoms with Crippen LogP contribution in [0.3, 0.4) is 0 Å². The molecule has 0 unspecified atom stereocenters. The van der Waals surface area contributed by atoms with Crippen LogP contribution in [0.1, 0.15) is 31.2 Å². The molecule has 10 heteroatoms. The lowest BCUT2D eigenvalue weighted by Crippen LogP contribution is -2.34. The fraction of sp³-hybridized carbons (Fsp3) is 0.520. The summed E-state index contributed by atoms with van der Waals surface area (Å²) in [5.74, 6) is -0.118. The fourth-order valence-corrected chi connectivity index (χ4v) is 4.71. The molecule has 4 heterocycles. The summed E-state index contributed by atoms with van der Waals surface area (Å²) in [6, 6.07) is 3.77. The van der Waals surface area contributed by atoms with Crippen molar-refractivity contribution in [1.82, 2.24) is 19.8 Å². The summed E-state index contributed by atoms with van der Waals surface area (Å²) in [5, 5.41) is 8.61. The lowest BCUT2D eigenvalue weighted by atomic mass is 9.90. The molecule has 0 amide bonds. The average molecular weight is 613 g/mol. The van der Waals surface area contributed by atoms with Gasteiger partial charge < -0.3 is 20.6 Å². The van der Waals surface area contributed by atoms with Crippen LogP contribution in [-0.4, -0.2) is 76.9 Å². The van der Waals surface area contributed by atoms with E-state index >= 15 is 0 Å². The van der Waals surface area contributed by atoms with Gasteiger partial charge in [0.1, 0.15) is 5.78 Å². The van der Waals surface area contributed by atoms with Crippen molar-refractivity contribution in [3.8, 4) is 0 Å². The Morgan fingerprint density at radius 2 is 1.37 bits per heavy atom. The van der Waals surface area contributed by atoms with Gasteiger partial charge in [0.05, 0.1) is 11.6 Å². The van der Waals surface area contributed by atoms with Gasteiger partial charge in [0.2, 0.25) is 0 Å². The first kappa shape index (κ1) is 29.4. The number of carboxylic acid groups (broad SMARTS) is 1. The number of aliphatic carboxylic acids is 1. The molecule has 0 bridgehead atoms. The molecule has 8 nitrogen and oxygen atoms in total. The van der Waals surface area contributed by atoms with E-state index in [1.165, 1.54) is 0 Å². The monoisotopic (exact) mass is 611 g/mol. The van der Waals surface area contributed by atoms with Crippen LogP contribution >= 0.6 is 31.9 Å². The molecule has 2 aliphatic heterocycles. The standard InChI is InChI=1S/C13H17BrN2O.C7H13NO2.C5H5BrN2/c1-16-4-2-11(3-5-16)13(17)7-10-6-12(14)9-15-8-10;1-8-4-2-6(3-5-8)7(9)10;6-4-1-5(7)3-8-2-4/h6,8-9,11H,2-5,7H2,1H3;6H,2-5H2,1H3,(H,9,10);1-3H,7H2. The number of halogens is 2. The normalized spacial score (nSPS) is 17.5. The number of ketones is 1. The number of carbonyl (C=O) groups is 2. The van der Waals surface area contributed by atoms with Gasteiger partial charge in [-0.3, -0.25) is 19.6 Å². The van der Waals surface area contributed by atoms with E-state index in [1.54, 1.807) is 30.9 Å². The van der Waals surface area contributed by atoms with Crippen LogP contribution in [0.5, 0.6) is 0 Å². The molecule has 0 spiro atoms. The number of likely N-dealkylation sites (tertiary alicyclic amines) is 2. The third-order valence-corrected chi connectivity index (χ3v) is 6.97. The lowest BCUT2D eigenvalue weighted by Gasteiger charge is -2.27. The Balaban J connectivity index is 0.000000204. The fourth-order valence-electron chi connectivity index (χ4n) is 3.91. The number of Topliss-reactive ketones (excluding diaryl/α,β-unsaturated/α-hetero) is 1. The van der Waals surface area contributed by atoms with E-state index in [0.29, 0.717) is 17.9 Å². The SMILES string of the molecule is CN1CCC(C(=O)Cc2cncc(Br)c2)CC1.CN1CCC(C(=O)O)CC1.Nc1cncc(Br)c1. The third kappa shape index (κ3) is 11.6. The minimum absolute atomic E-state index is 0.0869. The number of rotatable bonds is 4. The number of hydrogen-bond acceptors (Lipinski definition) is 7. The minimum atomic E-state index is -0.631. The van der Waals surface area contributed by atoms with E-state index in [9.17, 15) is 9.59 Å². The van der Waals surface area contributed by atoms with Gasteiger partial charge in [0.25, 0.3) is 0 Å². The second-order valence-corrected chi connectivity index (χ2v) is 10.9. The van der Waals surface area contributed by atoms with Gasteiger partial charge in [-0.1, -0.05) is 0 Å². The highest BCUT2D eigenvalue weighted by atomic mass is 79.9. The van der Waals surface area contributed by atoms with Gasteiger partial charge in [-0.05, 0) is 116 Å². The van der Waals surface area contributed by atoms with Crippen LogP contribution in [-0.2, 0) is 16.0 Å². The minimum Gasteiger partial charge on any atom is -0.481 e. The number of nitrogen functional groups attached to an aromatic ring is 1. The number of nitrogens with two attached hydrogens (primary N) is 1. The second-order valence-electron chi connectivity index (χ2n) is 9.08. The van der Waals surface area contributed by atoms with Crippen molar-refractivity contribution in [2.75, 3.05) is 46.0 Å². The average Bonchev–Trinajstić information content (AvgIpc) is 2.80. The Morgan fingerprint density at radius 3 is 1.80 bits per heavy atom. The largest absolute Gasteiger partial charge is 0.481 e. The van der Waals surface area contributed by atoms with Crippen LogP contribution in [0.15, 0.2) is 45.9 Å². The number of anilines is 1. The summed E-state index contributed by atoms with van der Waals surface area (Å²) in [7, 11) is 4.14. The highest BCUT2D eigenvalue weighted by Crippen LogP contribution is 2.20. The van der Waals surface area contributed by atoms with Crippen molar-refractivity contribution in [2.45, 2.75) is 32.1 Å². The number of carbonyl (C=O) groups excluding carboxylic acids is 1. The van der Waals surface area contributed by atoms with E-state index in [2.05, 4.69) is 58.7 Å². The summed E-state index contributed by atoms with van der Waals surface area (Å²) in [6.07, 6.45) is 10.9. The number of carboxylic acids is 1. The molecule has 2 saturated heterocycles. The molecular formula is C25H35Br2N5O3. The molecule has 2 fully saturated rings. The number of piperidine rings is 2. The topological polar surface area (TPSA) is 113 Å². The van der Waals surface area contributed by atoms with Crippen molar-refractivity contribution in [1.29, 1.82) is 0 Å². The molecular weight excluding hydrogens is 578 g/mol. The van der Waals surface area contributed by atoms with E-state index < -0.39 is 5.97 Å². The Labute approximate surface area is 224 Å². The summed E-state index contributed by atoms with van der Waals surface area (Å²) in [4.78, 5) is 34.9. The quantitative estimate of drug-likeness (QED) is 0.530. The first-order chi connectivity index (χ1) is 16.6. The summed E-state index contributed by atoms with van der Waals surface area (Å²) < 4.78 is 1.85. The van der Waals surface area contributed by atoms with Gasteiger partial charge in [-0.25, -0.2) is 0 Å². The van der Waals surface area contributed by atoms with Gasteiger partial charge in [0, 0.05) is 46.1 Å². The van der Waals surface area contributed by atoms with Crippen LogP contribution in [0.4, 0.5) is 5.69 Å². The van der Waals surface area contributed by atoms with Crippen molar-refractivity contribution in [3.05, 3.63) is 51.4 Å². The number of aromatic nitrogens is 2. The van der Waals surface area contributed by atoms with Gasteiger partial charge in [0.15, 0.2) is 0 Å². The predicted octanol–water partition coefficient (Wildman–Crippen LogP) is 4.14. The molecule has 0 atom stereocenters. The molecule has 2 aliphatic rings. The van der Waals surface area contributed by atoms with Crippen LogP contribution in [0, 0.1) is 11.8 Å². The maximum absolute atomic E-state index is 12.1. The third-order valence-electron chi connectivity index (χ3n) is 6.11. The van der Waals surface area contributed by atoms with E-state index in [4.69, 9.17) is 10.8 Å². The number of nitrogens with zero attached hydrogens (tertiary/aromatic N) is 4. The number of hydrogen-bond donors (Lipinski definition) is 2. The zero-order valence-corrected chi connectivity index (χ0v) is 23.5. The van der Waals surface area contributed by atoms with Gasteiger partial charge in [-0.2, -0.15) is 0 Å².